The van der Waals surface area contributed by atoms with Crippen molar-refractivity contribution in [3.05, 3.63) is 113 Å². The van der Waals surface area contributed by atoms with E-state index >= 15 is 4.39 Å². The molecule has 3 aliphatic rings. The van der Waals surface area contributed by atoms with Crippen LogP contribution in [-0.4, -0.2) is 96.8 Å². The van der Waals surface area contributed by atoms with Crippen LogP contribution in [0.4, 0.5) is 4.39 Å². The maximum Gasteiger partial charge on any atom is 0.340 e. The van der Waals surface area contributed by atoms with E-state index in [0.29, 0.717) is 74.6 Å². The lowest BCUT2D eigenvalue weighted by molar-refractivity contribution is 0.0228. The summed E-state index contributed by atoms with van der Waals surface area (Å²) in [6, 6.07) is 19.4. The molecular formula is C56H68BrFN6O9SSi2. The SMILES string of the molecule is COC(=O)c1cccc(-c2nc3c(OCOCC[Si](C)(C)C)cc(Br)cc3n(COCC[Si](C)(C)C)c2=O)c1F.O=c1[nH]c2cc(CN3CCCCC3)cc3c2nc1-c1cccc2c(=O)n(sc12)CC[C@@H]1CC[C@@H](C1)O3. The molecule has 2 atom stereocenters. The minimum Gasteiger partial charge on any atom is -0.488 e. The van der Waals surface area contributed by atoms with Crippen LogP contribution >= 0.6 is 27.5 Å². The Morgan fingerprint density at radius 1 is 0.842 bits per heavy atom. The maximum atomic E-state index is 15.5. The van der Waals surface area contributed by atoms with Gasteiger partial charge >= 0.3 is 5.97 Å². The van der Waals surface area contributed by atoms with Gasteiger partial charge in [-0.1, -0.05) is 91.4 Å². The highest BCUT2D eigenvalue weighted by molar-refractivity contribution is 9.10. The van der Waals surface area contributed by atoms with Crippen LogP contribution in [0.5, 0.6) is 11.5 Å². The Morgan fingerprint density at radius 2 is 1.57 bits per heavy atom. The number of esters is 1. The molecule has 10 rings (SSSR count). The van der Waals surface area contributed by atoms with E-state index in [1.54, 1.807) is 12.1 Å². The smallest absolute Gasteiger partial charge is 0.340 e. The van der Waals surface area contributed by atoms with Gasteiger partial charge in [0.15, 0.2) is 12.5 Å². The Bertz CT molecular complexity index is 3460. The van der Waals surface area contributed by atoms with Gasteiger partial charge in [0.2, 0.25) is 0 Å². The highest BCUT2D eigenvalue weighted by Gasteiger charge is 2.29. The average molecular weight is 1160 g/mol. The third-order valence-corrected chi connectivity index (χ3v) is 19.3. The maximum absolute atomic E-state index is 15.5. The zero-order valence-electron chi connectivity index (χ0n) is 44.5. The first kappa shape index (κ1) is 55.4. The van der Waals surface area contributed by atoms with Crippen LogP contribution in [0.1, 0.15) is 60.9 Å². The van der Waals surface area contributed by atoms with Crippen molar-refractivity contribution in [2.24, 2.45) is 5.92 Å². The van der Waals surface area contributed by atoms with Gasteiger partial charge in [-0.3, -0.25) is 27.8 Å². The second kappa shape index (κ2) is 23.7. The summed E-state index contributed by atoms with van der Waals surface area (Å²) in [5, 5.41) is 0.659. The summed E-state index contributed by atoms with van der Waals surface area (Å²) in [7, 11) is -1.46. The molecule has 7 aromatic rings. The van der Waals surface area contributed by atoms with Crippen molar-refractivity contribution in [1.29, 1.82) is 0 Å². The summed E-state index contributed by atoms with van der Waals surface area (Å²) in [4.78, 5) is 67.5. The van der Waals surface area contributed by atoms with Crippen LogP contribution in [0.3, 0.4) is 0 Å². The lowest BCUT2D eigenvalue weighted by Crippen LogP contribution is -2.29. The molecule has 404 valence electrons. The molecule has 76 heavy (non-hydrogen) atoms. The summed E-state index contributed by atoms with van der Waals surface area (Å²) >= 11 is 4.96. The van der Waals surface area contributed by atoms with Gasteiger partial charge < -0.3 is 28.7 Å². The number of aromatic nitrogens is 5. The van der Waals surface area contributed by atoms with Crippen LogP contribution in [0.2, 0.25) is 51.4 Å². The van der Waals surface area contributed by atoms with Crippen LogP contribution < -0.4 is 26.2 Å². The second-order valence-corrected chi connectivity index (χ2v) is 35.8. The lowest BCUT2D eigenvalue weighted by Gasteiger charge is -2.27. The molecule has 15 nitrogen and oxygen atoms in total. The standard InChI is InChI=1S/C28H38BrFN2O6Si2.C28H30N4O3S/c1-35-28(34)21-10-8-9-20(24(21)30)25-27(33)32(17-36-11-13-39(2,3)4)22-15-19(29)16-23(26(22)31-25)38-18-37-12-14-40(5,6)7;33-27-24-20-5-4-6-21-26(20)36-32(28(21)34)12-9-17-7-8-19(13-17)35-23-15-18(14-22(29-27)25(23)30-24)16-31-10-2-1-3-11-31/h8-10,15-16H,11-14,17-18H2,1-7H3;4-6,14-15,17,19H,1-3,7-13,16H2,(H,29,33)/t;17-,19-/m.0/s1. The van der Waals surface area contributed by atoms with E-state index in [1.165, 1.54) is 60.7 Å². The van der Waals surface area contributed by atoms with E-state index in [0.717, 1.165) is 73.4 Å². The van der Waals surface area contributed by atoms with Gasteiger partial charge in [-0.15, -0.1) is 0 Å². The predicted molar refractivity (Wildman–Crippen MR) is 307 cm³/mol. The van der Waals surface area contributed by atoms with Crippen molar-refractivity contribution in [2.45, 2.75) is 122 Å². The number of ether oxygens (including phenoxy) is 5. The quantitative estimate of drug-likeness (QED) is 0.0447. The number of nitrogens with one attached hydrogen (secondary N) is 1. The molecule has 0 radical (unpaired) electrons. The molecule has 1 saturated heterocycles. The Hall–Kier alpha value is -5.36. The van der Waals surface area contributed by atoms with E-state index in [-0.39, 0.29) is 47.6 Å². The molecule has 0 unspecified atom stereocenters. The first-order chi connectivity index (χ1) is 36.3. The summed E-state index contributed by atoms with van der Waals surface area (Å²) < 4.78 is 49.3. The van der Waals surface area contributed by atoms with Crippen LogP contribution in [0.15, 0.2) is 79.5 Å². The van der Waals surface area contributed by atoms with Crippen molar-refractivity contribution < 1.29 is 32.9 Å². The number of rotatable bonds is 15. The van der Waals surface area contributed by atoms with E-state index in [1.807, 2.05) is 22.2 Å². The molecular weight excluding hydrogens is 1090 g/mol. The van der Waals surface area contributed by atoms with E-state index in [9.17, 15) is 19.2 Å². The summed E-state index contributed by atoms with van der Waals surface area (Å²) in [6.07, 6.45) is 7.97. The Morgan fingerprint density at radius 3 is 2.32 bits per heavy atom. The third kappa shape index (κ3) is 13.0. The molecule has 5 heterocycles. The van der Waals surface area contributed by atoms with Crippen molar-refractivity contribution in [1.82, 2.24) is 28.4 Å². The molecule has 6 bridgehead atoms. The summed E-state index contributed by atoms with van der Waals surface area (Å²) in [5.41, 5.74) is 3.05. The number of carbonyl (C=O) groups is 1. The van der Waals surface area contributed by atoms with Gasteiger partial charge in [0.1, 0.15) is 40.7 Å². The van der Waals surface area contributed by atoms with Gasteiger partial charge in [-0.25, -0.2) is 19.2 Å². The van der Waals surface area contributed by atoms with Crippen molar-refractivity contribution in [3.8, 4) is 34.0 Å². The minimum atomic E-state index is -1.36. The number of methoxy groups -OCH3 is 1. The first-order valence-electron chi connectivity index (χ1n) is 26.3. The number of benzene rings is 4. The normalized spacial score (nSPS) is 17.0. The van der Waals surface area contributed by atoms with Crippen LogP contribution in [-0.2, 0) is 34.0 Å². The lowest BCUT2D eigenvalue weighted by atomic mass is 10.0. The van der Waals surface area contributed by atoms with Gasteiger partial charge in [0.25, 0.3) is 16.7 Å². The number of halogens is 2. The first-order valence-corrected chi connectivity index (χ1v) is 35.3. The third-order valence-electron chi connectivity index (χ3n) is 14.3. The monoisotopic (exact) mass is 1150 g/mol. The molecule has 3 aromatic heterocycles. The Labute approximate surface area is 456 Å². The summed E-state index contributed by atoms with van der Waals surface area (Å²) in [6.45, 7) is 18.3. The largest absolute Gasteiger partial charge is 0.488 e. The van der Waals surface area contributed by atoms with Crippen molar-refractivity contribution >= 4 is 81.7 Å². The van der Waals surface area contributed by atoms with E-state index < -0.39 is 33.5 Å². The topological polar surface area (TPSA) is 169 Å². The fourth-order valence-electron chi connectivity index (χ4n) is 10.0. The minimum absolute atomic E-state index is 0.00886. The number of H-pyrrole nitrogens is 1. The number of nitrogens with zero attached hydrogens (tertiary/aromatic N) is 5. The molecule has 1 saturated carbocycles. The van der Waals surface area contributed by atoms with Gasteiger partial charge in [-0.05, 0) is 118 Å². The van der Waals surface area contributed by atoms with E-state index in [2.05, 4.69) is 82.2 Å². The predicted octanol–water partition coefficient (Wildman–Crippen LogP) is 11.7. The number of hydrogen-bond donors (Lipinski definition) is 1. The number of carbonyl (C=O) groups excluding carboxylic acids is 1. The second-order valence-electron chi connectivity index (χ2n) is 22.6. The molecule has 1 aliphatic carbocycles. The number of fused-ring (bicyclic) bond motifs is 6. The Balaban J connectivity index is 0.000000186. The van der Waals surface area contributed by atoms with Crippen LogP contribution in [0, 0.1) is 11.7 Å². The number of aryl methyl sites for hydroxylation is 1. The fraction of sp³-hybridized carbons (Fsp3) is 0.464. The highest BCUT2D eigenvalue weighted by atomic mass is 79.9. The fourth-order valence-corrected chi connectivity index (χ4v) is 13.1. The molecule has 1 N–H and O–H groups in total. The molecule has 2 aliphatic heterocycles. The van der Waals surface area contributed by atoms with E-state index in [4.69, 9.17) is 28.7 Å². The van der Waals surface area contributed by atoms with Gasteiger partial charge in [0.05, 0.1) is 39.9 Å². The number of aromatic amines is 1. The molecule has 20 heteroatoms. The molecule has 0 spiro atoms. The zero-order valence-corrected chi connectivity index (χ0v) is 48.9. The number of hydrogen-bond acceptors (Lipinski definition) is 13. The van der Waals surface area contributed by atoms with Crippen molar-refractivity contribution in [3.63, 3.8) is 0 Å². The highest BCUT2D eigenvalue weighted by Crippen LogP contribution is 2.38. The van der Waals surface area contributed by atoms with Crippen LogP contribution in [0.25, 0.3) is 54.7 Å². The van der Waals surface area contributed by atoms with Gasteiger partial charge in [-0.2, -0.15) is 0 Å². The van der Waals surface area contributed by atoms with Gasteiger partial charge in [0, 0.05) is 58.1 Å². The molecule has 2 fully saturated rings. The number of likely N-dealkylation sites (tertiary alicyclic amines) is 1. The molecule has 0 amide bonds. The average Bonchev–Trinajstić information content (AvgIpc) is 3.99. The Kier molecular flexibility index (Phi) is 17.3. The number of piperidine rings is 1. The zero-order chi connectivity index (χ0) is 53.9. The van der Waals surface area contributed by atoms with Crippen molar-refractivity contribution in [2.75, 3.05) is 40.2 Å². The molecule has 4 aromatic carbocycles. The summed E-state index contributed by atoms with van der Waals surface area (Å²) in [5.74, 6) is -0.0744.